The second-order valence-electron chi connectivity index (χ2n) is 7.65. The van der Waals surface area contributed by atoms with Crippen molar-refractivity contribution in [2.45, 2.75) is 6.61 Å². The lowest BCUT2D eigenvalue weighted by molar-refractivity contribution is -0.127. The minimum atomic E-state index is -0.507. The van der Waals surface area contributed by atoms with Crippen molar-refractivity contribution in [2.24, 2.45) is 0 Å². The largest absolute Gasteiger partial charge is 0.497 e. The minimum absolute atomic E-state index is 0.253. The van der Waals surface area contributed by atoms with Gasteiger partial charge in [-0.25, -0.2) is 0 Å². The molecule has 3 amide bonds. The number of thioether (sulfide) groups is 1. The van der Waals surface area contributed by atoms with Gasteiger partial charge in [-0.15, -0.1) is 0 Å². The van der Waals surface area contributed by atoms with E-state index in [9.17, 15) is 14.4 Å². The summed E-state index contributed by atoms with van der Waals surface area (Å²) in [5, 5.41) is 2.85. The number of hydrogen-bond donors (Lipinski definition) is 1. The third kappa shape index (κ3) is 6.59. The van der Waals surface area contributed by atoms with Gasteiger partial charge in [0.05, 0.1) is 15.6 Å². The summed E-state index contributed by atoms with van der Waals surface area (Å²) in [7, 11) is 1.55. The van der Waals surface area contributed by atoms with Crippen LogP contribution in [-0.2, 0) is 16.2 Å². The molecular formula is C26H20ClIN2O5S. The Hall–Kier alpha value is -3.02. The van der Waals surface area contributed by atoms with Crippen LogP contribution < -0.4 is 14.8 Å². The van der Waals surface area contributed by atoms with Gasteiger partial charge in [-0.1, -0.05) is 29.8 Å². The van der Waals surface area contributed by atoms with E-state index < -0.39 is 17.1 Å². The quantitative estimate of drug-likeness (QED) is 0.235. The van der Waals surface area contributed by atoms with Crippen LogP contribution in [0.5, 0.6) is 11.5 Å². The molecule has 10 heteroatoms. The number of nitrogens with one attached hydrogen (secondary N) is 1. The van der Waals surface area contributed by atoms with E-state index in [0.717, 1.165) is 31.4 Å². The fraction of sp³-hybridized carbons (Fsp3) is 0.115. The molecule has 0 saturated carbocycles. The van der Waals surface area contributed by atoms with Crippen molar-refractivity contribution in [1.82, 2.24) is 4.90 Å². The molecule has 1 aliphatic rings. The van der Waals surface area contributed by atoms with Crippen molar-refractivity contribution in [3.05, 3.63) is 91.4 Å². The summed E-state index contributed by atoms with van der Waals surface area (Å²) in [5.41, 5.74) is 2.27. The van der Waals surface area contributed by atoms with E-state index in [2.05, 4.69) is 27.9 Å². The molecule has 0 radical (unpaired) electrons. The maximum absolute atomic E-state index is 12.8. The van der Waals surface area contributed by atoms with E-state index in [1.807, 2.05) is 42.5 Å². The van der Waals surface area contributed by atoms with E-state index in [1.165, 1.54) is 0 Å². The molecule has 184 valence electrons. The Morgan fingerprint density at radius 1 is 1.08 bits per heavy atom. The van der Waals surface area contributed by atoms with Crippen LogP contribution in [-0.4, -0.2) is 35.6 Å². The van der Waals surface area contributed by atoms with Crippen molar-refractivity contribution < 1.29 is 23.9 Å². The van der Waals surface area contributed by atoms with Gasteiger partial charge in [0.2, 0.25) is 5.91 Å². The molecule has 36 heavy (non-hydrogen) atoms. The molecule has 1 saturated heterocycles. The first kappa shape index (κ1) is 26.1. The van der Waals surface area contributed by atoms with Crippen molar-refractivity contribution >= 4 is 74.8 Å². The summed E-state index contributed by atoms with van der Waals surface area (Å²) in [6, 6.07) is 19.7. The van der Waals surface area contributed by atoms with E-state index in [-0.39, 0.29) is 11.4 Å². The van der Waals surface area contributed by atoms with Crippen LogP contribution in [0, 0.1) is 3.57 Å². The lowest BCUT2D eigenvalue weighted by Gasteiger charge is -2.12. The number of carbonyl (C=O) groups is 3. The highest BCUT2D eigenvalue weighted by Gasteiger charge is 2.36. The van der Waals surface area contributed by atoms with Gasteiger partial charge in [0.1, 0.15) is 24.7 Å². The Morgan fingerprint density at radius 3 is 2.47 bits per heavy atom. The Balaban J connectivity index is 1.38. The SMILES string of the molecule is COc1ccc(NC(=O)CN2C(=O)S/C(=C/c3ccc(OCc4ccc(Cl)cc4)c(I)c3)C2=O)cc1. The highest BCUT2D eigenvalue weighted by Crippen LogP contribution is 2.33. The average Bonchev–Trinajstić information content (AvgIpc) is 3.12. The molecule has 1 aliphatic heterocycles. The minimum Gasteiger partial charge on any atom is -0.497 e. The summed E-state index contributed by atoms with van der Waals surface area (Å²) in [6.45, 7) is 0.0209. The molecule has 1 heterocycles. The van der Waals surface area contributed by atoms with Crippen LogP contribution in [0.15, 0.2) is 71.6 Å². The monoisotopic (exact) mass is 634 g/mol. The molecule has 3 aromatic rings. The number of hydrogen-bond acceptors (Lipinski definition) is 6. The molecule has 4 rings (SSSR count). The second-order valence-corrected chi connectivity index (χ2v) is 10.2. The summed E-state index contributed by atoms with van der Waals surface area (Å²) in [4.78, 5) is 38.8. The lowest BCUT2D eigenvalue weighted by Crippen LogP contribution is -2.36. The molecule has 3 aromatic carbocycles. The molecule has 0 unspecified atom stereocenters. The molecule has 7 nitrogen and oxygen atoms in total. The van der Waals surface area contributed by atoms with Crippen molar-refractivity contribution in [2.75, 3.05) is 19.0 Å². The molecular weight excluding hydrogens is 615 g/mol. The Bertz CT molecular complexity index is 1330. The smallest absolute Gasteiger partial charge is 0.294 e. The first-order valence-electron chi connectivity index (χ1n) is 10.7. The normalized spacial score (nSPS) is 14.3. The number of amides is 3. The van der Waals surface area contributed by atoms with Crippen molar-refractivity contribution in [3.63, 3.8) is 0 Å². The Kier molecular flexibility index (Phi) is 8.55. The van der Waals surface area contributed by atoms with Gasteiger partial charge in [-0.2, -0.15) is 0 Å². The molecule has 0 aliphatic carbocycles. The van der Waals surface area contributed by atoms with Gasteiger partial charge in [0, 0.05) is 10.7 Å². The topological polar surface area (TPSA) is 84.9 Å². The van der Waals surface area contributed by atoms with Gasteiger partial charge >= 0.3 is 0 Å². The number of nitrogens with zero attached hydrogens (tertiary/aromatic N) is 1. The molecule has 0 bridgehead atoms. The number of methoxy groups -OCH3 is 1. The fourth-order valence-corrected chi connectivity index (χ4v) is 4.93. The number of ether oxygens (including phenoxy) is 2. The van der Waals surface area contributed by atoms with Gasteiger partial charge in [0.15, 0.2) is 0 Å². The zero-order valence-electron chi connectivity index (χ0n) is 19.0. The van der Waals surface area contributed by atoms with E-state index in [0.29, 0.717) is 28.8 Å². The van der Waals surface area contributed by atoms with Crippen LogP contribution in [0.4, 0.5) is 10.5 Å². The summed E-state index contributed by atoms with van der Waals surface area (Å²) in [6.07, 6.45) is 1.64. The van der Waals surface area contributed by atoms with Crippen molar-refractivity contribution in [1.29, 1.82) is 0 Å². The summed E-state index contributed by atoms with van der Waals surface area (Å²) >= 11 is 8.88. The maximum Gasteiger partial charge on any atom is 0.294 e. The second kappa shape index (κ2) is 11.8. The van der Waals surface area contributed by atoms with E-state index >= 15 is 0 Å². The first-order chi connectivity index (χ1) is 17.3. The molecule has 0 spiro atoms. The predicted octanol–water partition coefficient (Wildman–Crippen LogP) is 6.21. The maximum atomic E-state index is 12.8. The first-order valence-corrected chi connectivity index (χ1v) is 13.0. The number of carbonyl (C=O) groups excluding carboxylic acids is 3. The third-order valence-corrected chi connectivity index (χ3v) is 7.11. The zero-order chi connectivity index (χ0) is 25.7. The lowest BCUT2D eigenvalue weighted by atomic mass is 10.2. The van der Waals surface area contributed by atoms with Crippen LogP contribution in [0.25, 0.3) is 6.08 Å². The van der Waals surface area contributed by atoms with Gasteiger partial charge in [0.25, 0.3) is 11.1 Å². The van der Waals surface area contributed by atoms with Crippen LogP contribution in [0.3, 0.4) is 0 Å². The zero-order valence-corrected chi connectivity index (χ0v) is 22.7. The van der Waals surface area contributed by atoms with Crippen LogP contribution in [0.1, 0.15) is 11.1 Å². The number of rotatable bonds is 8. The average molecular weight is 635 g/mol. The predicted molar refractivity (Wildman–Crippen MR) is 149 cm³/mol. The third-order valence-electron chi connectivity index (χ3n) is 5.11. The van der Waals surface area contributed by atoms with Gasteiger partial charge < -0.3 is 14.8 Å². The standard InChI is InChI=1S/C26H20ClIN2O5S/c1-34-20-9-7-19(8-10-20)29-24(31)14-30-25(32)23(36-26(30)33)13-17-4-11-22(21(28)12-17)35-15-16-2-5-18(27)6-3-16/h2-13H,14-15H2,1H3,(H,29,31)/b23-13+. The molecule has 0 atom stereocenters. The van der Waals surface area contributed by atoms with Gasteiger partial charge in [-0.3, -0.25) is 19.3 Å². The van der Waals surface area contributed by atoms with Gasteiger partial charge in [-0.05, 0) is 100 Å². The molecule has 1 N–H and O–H groups in total. The Labute approximate surface area is 230 Å². The number of halogens is 2. The fourth-order valence-electron chi connectivity index (χ4n) is 3.27. The van der Waals surface area contributed by atoms with Crippen molar-refractivity contribution in [3.8, 4) is 11.5 Å². The highest BCUT2D eigenvalue weighted by molar-refractivity contribution is 14.1. The molecule has 0 aromatic heterocycles. The highest BCUT2D eigenvalue weighted by atomic mass is 127. The summed E-state index contributed by atoms with van der Waals surface area (Å²) < 4.78 is 11.8. The van der Waals surface area contributed by atoms with Crippen LogP contribution >= 0.6 is 46.0 Å². The van der Waals surface area contributed by atoms with Crippen LogP contribution in [0.2, 0.25) is 5.02 Å². The van der Waals surface area contributed by atoms with E-state index in [1.54, 1.807) is 37.5 Å². The number of imide groups is 1. The number of anilines is 1. The number of benzene rings is 3. The molecule has 1 fully saturated rings. The summed E-state index contributed by atoms with van der Waals surface area (Å²) in [5.74, 6) is 0.374. The Morgan fingerprint density at radius 2 is 1.81 bits per heavy atom. The van der Waals surface area contributed by atoms with E-state index in [4.69, 9.17) is 21.1 Å².